The number of nitrogens with zero attached hydrogens (tertiary/aromatic N) is 2. The number of anilines is 3. The number of urea groups is 1. The minimum absolute atomic E-state index is 0.336. The number of rotatable bonds is 4. The van der Waals surface area contributed by atoms with Crippen LogP contribution in [0.3, 0.4) is 0 Å². The van der Waals surface area contributed by atoms with Gasteiger partial charge < -0.3 is 26.2 Å². The second-order valence-corrected chi connectivity index (χ2v) is 7.08. The zero-order valence-corrected chi connectivity index (χ0v) is 17.3. The van der Waals surface area contributed by atoms with Gasteiger partial charge >= 0.3 is 12.2 Å². The van der Waals surface area contributed by atoms with Crippen LogP contribution in [0.5, 0.6) is 0 Å². The van der Waals surface area contributed by atoms with Crippen molar-refractivity contribution in [3.05, 3.63) is 106 Å². The molecular weight excluding hydrogens is 453 g/mol. The number of carbonyl (C=O) groups excluding carboxylic acids is 1. The molecule has 34 heavy (non-hydrogen) atoms. The molecule has 0 spiro atoms. The van der Waals surface area contributed by atoms with E-state index in [-0.39, 0.29) is 0 Å². The van der Waals surface area contributed by atoms with Gasteiger partial charge in [-0.15, -0.1) is 0 Å². The van der Waals surface area contributed by atoms with Gasteiger partial charge in [0.05, 0.1) is 10.5 Å². The van der Waals surface area contributed by atoms with E-state index in [4.69, 9.17) is 0 Å². The van der Waals surface area contributed by atoms with E-state index < -0.39 is 34.1 Å². The summed E-state index contributed by atoms with van der Waals surface area (Å²) in [4.78, 5) is 24.5. The van der Waals surface area contributed by atoms with E-state index in [2.05, 4.69) is 21.3 Å². The number of nitro benzene ring substituents is 1. The Kier molecular flexibility index (Phi) is 5.95. The summed E-state index contributed by atoms with van der Waals surface area (Å²) >= 11 is 0. The van der Waals surface area contributed by atoms with Crippen molar-refractivity contribution in [1.82, 2.24) is 10.6 Å². The number of carbonyl (C=O) groups is 1. The summed E-state index contributed by atoms with van der Waals surface area (Å²) in [6.07, 6.45) is 6.26. The van der Waals surface area contributed by atoms with Crippen molar-refractivity contribution in [2.45, 2.75) is 6.18 Å². The molecule has 2 aliphatic heterocycles. The highest BCUT2D eigenvalue weighted by Gasteiger charge is 2.32. The number of benzene rings is 2. The van der Waals surface area contributed by atoms with E-state index in [0.717, 1.165) is 17.1 Å². The first kappa shape index (κ1) is 22.5. The number of hydrogen-bond donors (Lipinski definition) is 4. The molecule has 2 aromatic rings. The fourth-order valence-corrected chi connectivity index (χ4v) is 3.28. The van der Waals surface area contributed by atoms with Crippen molar-refractivity contribution in [2.24, 2.45) is 0 Å². The molecule has 2 amide bonds. The van der Waals surface area contributed by atoms with E-state index >= 15 is 0 Å². The second kappa shape index (κ2) is 9.02. The lowest BCUT2D eigenvalue weighted by molar-refractivity contribution is -0.384. The molecule has 0 aromatic heterocycles. The molecule has 0 saturated carbocycles. The summed E-state index contributed by atoms with van der Waals surface area (Å²) in [6.45, 7) is 0. The van der Waals surface area contributed by atoms with Crippen LogP contribution in [0.25, 0.3) is 0 Å². The van der Waals surface area contributed by atoms with Crippen molar-refractivity contribution in [1.29, 1.82) is 0 Å². The predicted octanol–water partition coefficient (Wildman–Crippen LogP) is 4.98. The Morgan fingerprint density at radius 1 is 1.00 bits per heavy atom. The Balaban J connectivity index is 1.48. The van der Waals surface area contributed by atoms with Gasteiger partial charge in [-0.05, 0) is 48.6 Å². The lowest BCUT2D eigenvalue weighted by atomic mass is 10.1. The van der Waals surface area contributed by atoms with Crippen molar-refractivity contribution < 1.29 is 22.9 Å². The summed E-state index contributed by atoms with van der Waals surface area (Å²) in [5.74, 6) is 0.823. The topological polar surface area (TPSA) is 112 Å². The van der Waals surface area contributed by atoms with Crippen LogP contribution in [0.1, 0.15) is 5.56 Å². The van der Waals surface area contributed by atoms with Crippen LogP contribution in [0.4, 0.5) is 40.7 Å². The van der Waals surface area contributed by atoms with Crippen LogP contribution in [-0.4, -0.2) is 11.0 Å². The van der Waals surface area contributed by atoms with Crippen molar-refractivity contribution in [3.8, 4) is 0 Å². The van der Waals surface area contributed by atoms with Gasteiger partial charge in [0.25, 0.3) is 5.69 Å². The highest BCUT2D eigenvalue weighted by atomic mass is 19.4. The zero-order chi connectivity index (χ0) is 24.3. The first-order valence-electron chi connectivity index (χ1n) is 9.82. The molecule has 0 fully saturated rings. The Morgan fingerprint density at radius 3 is 2.35 bits per heavy atom. The van der Waals surface area contributed by atoms with Gasteiger partial charge in [0.1, 0.15) is 11.5 Å². The third kappa shape index (κ3) is 4.85. The zero-order valence-electron chi connectivity index (χ0n) is 17.3. The maximum atomic E-state index is 13.0. The molecule has 0 atom stereocenters. The molecule has 0 radical (unpaired) electrons. The Labute approximate surface area is 191 Å². The number of halogens is 3. The molecule has 12 heteroatoms. The fourth-order valence-electron chi connectivity index (χ4n) is 3.28. The summed E-state index contributed by atoms with van der Waals surface area (Å²) in [7, 11) is 0. The largest absolute Gasteiger partial charge is 0.416 e. The highest BCUT2D eigenvalue weighted by Crippen LogP contribution is 2.35. The minimum atomic E-state index is -4.72. The van der Waals surface area contributed by atoms with Crippen molar-refractivity contribution in [3.63, 3.8) is 0 Å². The first-order chi connectivity index (χ1) is 16.2. The number of nitro groups is 1. The van der Waals surface area contributed by atoms with Gasteiger partial charge in [0, 0.05) is 47.8 Å². The number of amides is 2. The Morgan fingerprint density at radius 2 is 1.71 bits per heavy atom. The summed E-state index contributed by atoms with van der Waals surface area (Å²) < 4.78 is 38.9. The van der Waals surface area contributed by atoms with Crippen molar-refractivity contribution >= 4 is 28.8 Å². The van der Waals surface area contributed by atoms with Crippen LogP contribution in [0.2, 0.25) is 0 Å². The quantitative estimate of drug-likeness (QED) is 0.371. The van der Waals surface area contributed by atoms with Crippen LogP contribution < -0.4 is 26.2 Å². The number of nitrogens with one attached hydrogen (secondary N) is 4. The lowest BCUT2D eigenvalue weighted by Gasteiger charge is -2.21. The van der Waals surface area contributed by atoms with Crippen LogP contribution in [0, 0.1) is 10.1 Å². The van der Waals surface area contributed by atoms with Crippen molar-refractivity contribution in [2.75, 3.05) is 15.5 Å². The summed E-state index contributed by atoms with van der Waals surface area (Å²) in [5, 5.41) is 21.8. The number of hydrogen-bond acceptors (Lipinski definition) is 6. The maximum absolute atomic E-state index is 13.0. The van der Waals surface area contributed by atoms with E-state index in [9.17, 15) is 28.1 Å². The molecule has 2 aliphatic rings. The van der Waals surface area contributed by atoms with Crippen LogP contribution in [-0.2, 0) is 6.18 Å². The van der Waals surface area contributed by atoms with Gasteiger partial charge in [-0.25, -0.2) is 4.79 Å². The average Bonchev–Trinajstić information content (AvgIpc) is 3.29. The molecular formula is C22H17F3N6O3. The molecule has 4 N–H and O–H groups in total. The van der Waals surface area contributed by atoms with Gasteiger partial charge in [-0.1, -0.05) is 0 Å². The van der Waals surface area contributed by atoms with E-state index in [0.29, 0.717) is 23.9 Å². The Hall–Kier alpha value is -4.74. The van der Waals surface area contributed by atoms with E-state index in [1.807, 2.05) is 23.3 Å². The third-order valence-electron chi connectivity index (χ3n) is 4.85. The third-order valence-corrected chi connectivity index (χ3v) is 4.85. The lowest BCUT2D eigenvalue weighted by Crippen LogP contribution is -2.21. The van der Waals surface area contributed by atoms with Gasteiger partial charge in [-0.2, -0.15) is 13.2 Å². The van der Waals surface area contributed by atoms with E-state index in [1.54, 1.807) is 42.9 Å². The SMILES string of the molecule is O=C(Nc1ccc(N2C=CNC2=C2C=CNC=C2)cc1)Nc1cc(C(F)(F)F)ccc1[N+](=O)[O-]. The normalized spacial score (nSPS) is 14.6. The first-order valence-corrected chi connectivity index (χ1v) is 9.82. The van der Waals surface area contributed by atoms with Crippen LogP contribution >= 0.6 is 0 Å². The molecule has 9 nitrogen and oxygen atoms in total. The monoisotopic (exact) mass is 470 g/mol. The smallest absolute Gasteiger partial charge is 0.368 e. The second-order valence-electron chi connectivity index (χ2n) is 7.08. The fraction of sp³-hybridized carbons (Fsp3) is 0.0455. The molecule has 2 heterocycles. The highest BCUT2D eigenvalue weighted by molar-refractivity contribution is 6.01. The summed E-state index contributed by atoms with van der Waals surface area (Å²) in [6, 6.07) is 7.53. The average molecular weight is 470 g/mol. The molecule has 0 saturated heterocycles. The molecule has 2 aromatic carbocycles. The van der Waals surface area contributed by atoms with Gasteiger partial charge in [0.2, 0.25) is 0 Å². The van der Waals surface area contributed by atoms with Crippen LogP contribution in [0.15, 0.2) is 90.8 Å². The molecule has 4 rings (SSSR count). The molecule has 0 unspecified atom stereocenters. The molecule has 0 aliphatic carbocycles. The number of allylic oxidation sites excluding steroid dienone is 3. The predicted molar refractivity (Wildman–Crippen MR) is 120 cm³/mol. The molecule has 174 valence electrons. The molecule has 0 bridgehead atoms. The number of dihydropyridines is 1. The maximum Gasteiger partial charge on any atom is 0.416 e. The van der Waals surface area contributed by atoms with E-state index in [1.165, 1.54) is 0 Å². The number of alkyl halides is 3. The summed E-state index contributed by atoms with van der Waals surface area (Å²) in [5.41, 5.74) is -0.289. The minimum Gasteiger partial charge on any atom is -0.368 e. The van der Waals surface area contributed by atoms with Gasteiger partial charge in [-0.3, -0.25) is 10.1 Å². The Bertz CT molecular complexity index is 1240. The van der Waals surface area contributed by atoms with Gasteiger partial charge in [0.15, 0.2) is 0 Å². The standard InChI is InChI=1S/C22H17F3N6O3/c23-22(24,25)15-1-6-19(31(33)34)18(13-15)29-21(32)28-16-2-4-17(5-3-16)30-12-11-27-20(30)14-7-9-26-10-8-14/h1-13,26-27H,(H2,28,29,32).